The van der Waals surface area contributed by atoms with Crippen LogP contribution in [0.2, 0.25) is 0 Å². The highest BCUT2D eigenvalue weighted by atomic mass is 79.9. The van der Waals surface area contributed by atoms with Gasteiger partial charge in [0, 0.05) is 17.9 Å². The minimum absolute atomic E-state index is 0.0862. The van der Waals surface area contributed by atoms with Gasteiger partial charge in [0.05, 0.1) is 29.8 Å². The summed E-state index contributed by atoms with van der Waals surface area (Å²) in [6, 6.07) is 8.59. The first-order valence-corrected chi connectivity index (χ1v) is 9.22. The average molecular weight is 395 g/mol. The van der Waals surface area contributed by atoms with E-state index in [0.717, 1.165) is 33.1 Å². The van der Waals surface area contributed by atoms with Gasteiger partial charge in [-0.25, -0.2) is 4.98 Å². The Morgan fingerprint density at radius 1 is 1.52 bits per heavy atom. The number of anilines is 1. The summed E-state index contributed by atoms with van der Waals surface area (Å²) in [6.45, 7) is 5.69. The SMILES string of the molecule is CC(=O)c1sc(N2CCOC[C@@H]2Cc2cccc(Br)c2)nc1C. The fourth-order valence-corrected chi connectivity index (χ4v) is 4.35. The number of ether oxygens (including phenoxy) is 1. The molecule has 2 heterocycles. The van der Waals surface area contributed by atoms with E-state index in [0.29, 0.717) is 13.2 Å². The van der Waals surface area contributed by atoms with E-state index >= 15 is 0 Å². The second kappa shape index (κ2) is 7.11. The van der Waals surface area contributed by atoms with Crippen molar-refractivity contribution in [3.63, 3.8) is 0 Å². The minimum Gasteiger partial charge on any atom is -0.377 e. The Hall–Kier alpha value is -1.24. The van der Waals surface area contributed by atoms with Gasteiger partial charge < -0.3 is 9.64 Å². The molecule has 1 fully saturated rings. The number of benzene rings is 1. The molecule has 1 aliphatic rings. The van der Waals surface area contributed by atoms with E-state index in [2.05, 4.69) is 44.0 Å². The zero-order valence-electron chi connectivity index (χ0n) is 13.2. The average Bonchev–Trinajstić information content (AvgIpc) is 2.90. The molecule has 4 nitrogen and oxygen atoms in total. The van der Waals surface area contributed by atoms with E-state index in [-0.39, 0.29) is 11.8 Å². The van der Waals surface area contributed by atoms with Gasteiger partial charge in [0.15, 0.2) is 10.9 Å². The second-order valence-electron chi connectivity index (χ2n) is 5.72. The Balaban J connectivity index is 1.84. The minimum atomic E-state index is 0.0862. The van der Waals surface area contributed by atoms with E-state index in [1.54, 1.807) is 6.92 Å². The van der Waals surface area contributed by atoms with Crippen LogP contribution in [0.3, 0.4) is 0 Å². The number of thiazole rings is 1. The molecule has 1 saturated heterocycles. The van der Waals surface area contributed by atoms with E-state index in [4.69, 9.17) is 4.74 Å². The van der Waals surface area contributed by atoms with Crippen molar-refractivity contribution >= 4 is 38.2 Å². The highest BCUT2D eigenvalue weighted by molar-refractivity contribution is 9.10. The summed E-state index contributed by atoms with van der Waals surface area (Å²) in [5.41, 5.74) is 2.09. The van der Waals surface area contributed by atoms with Crippen molar-refractivity contribution in [1.82, 2.24) is 4.98 Å². The number of ketones is 1. The van der Waals surface area contributed by atoms with Crippen LogP contribution in [0, 0.1) is 6.92 Å². The van der Waals surface area contributed by atoms with Crippen LogP contribution in [-0.2, 0) is 11.2 Å². The maximum atomic E-state index is 11.7. The lowest BCUT2D eigenvalue weighted by Gasteiger charge is -2.35. The van der Waals surface area contributed by atoms with Gasteiger partial charge in [-0.2, -0.15) is 0 Å². The van der Waals surface area contributed by atoms with Crippen molar-refractivity contribution in [2.45, 2.75) is 26.3 Å². The standard InChI is InChI=1S/C17H19BrN2O2S/c1-11-16(12(2)21)23-17(19-11)20-6-7-22-10-15(20)9-13-4-3-5-14(18)8-13/h3-5,8,15H,6-7,9-10H2,1-2H3/t15-/m0/s1. The number of rotatable bonds is 4. The maximum absolute atomic E-state index is 11.7. The quantitative estimate of drug-likeness (QED) is 0.738. The van der Waals surface area contributed by atoms with Crippen molar-refractivity contribution in [3.8, 4) is 0 Å². The summed E-state index contributed by atoms with van der Waals surface area (Å²) in [4.78, 5) is 19.4. The third kappa shape index (κ3) is 3.82. The number of morpholine rings is 1. The molecule has 0 saturated carbocycles. The van der Waals surface area contributed by atoms with Crippen molar-refractivity contribution in [2.24, 2.45) is 0 Å². The summed E-state index contributed by atoms with van der Waals surface area (Å²) >= 11 is 5.02. The van der Waals surface area contributed by atoms with Crippen LogP contribution < -0.4 is 4.90 Å². The number of aromatic nitrogens is 1. The first-order chi connectivity index (χ1) is 11.0. The van der Waals surface area contributed by atoms with Gasteiger partial charge in [-0.15, -0.1) is 0 Å². The zero-order chi connectivity index (χ0) is 16.4. The normalized spacial score (nSPS) is 18.2. The molecule has 0 spiro atoms. The van der Waals surface area contributed by atoms with Gasteiger partial charge in [-0.1, -0.05) is 39.4 Å². The number of carbonyl (C=O) groups is 1. The number of carbonyl (C=O) groups excluding carboxylic acids is 1. The van der Waals surface area contributed by atoms with Crippen LogP contribution in [0.15, 0.2) is 28.7 Å². The van der Waals surface area contributed by atoms with Gasteiger partial charge >= 0.3 is 0 Å². The monoisotopic (exact) mass is 394 g/mol. The molecular weight excluding hydrogens is 376 g/mol. The predicted molar refractivity (Wildman–Crippen MR) is 96.7 cm³/mol. The van der Waals surface area contributed by atoms with Crippen LogP contribution in [0.25, 0.3) is 0 Å². The molecule has 1 aromatic heterocycles. The summed E-state index contributed by atoms with van der Waals surface area (Å²) in [5.74, 6) is 0.0862. The Labute approximate surface area is 148 Å². The van der Waals surface area contributed by atoms with Gasteiger partial charge in [-0.3, -0.25) is 4.79 Å². The Bertz CT molecular complexity index is 716. The molecule has 2 aromatic rings. The molecule has 0 N–H and O–H groups in total. The Morgan fingerprint density at radius 2 is 2.35 bits per heavy atom. The molecule has 0 radical (unpaired) electrons. The zero-order valence-corrected chi connectivity index (χ0v) is 15.6. The summed E-state index contributed by atoms with van der Waals surface area (Å²) < 4.78 is 6.76. The molecule has 23 heavy (non-hydrogen) atoms. The van der Waals surface area contributed by atoms with E-state index < -0.39 is 0 Å². The number of hydrogen-bond acceptors (Lipinski definition) is 5. The smallest absolute Gasteiger partial charge is 0.186 e. The van der Waals surface area contributed by atoms with Crippen molar-refractivity contribution < 1.29 is 9.53 Å². The summed E-state index contributed by atoms with van der Waals surface area (Å²) in [6.07, 6.45) is 0.896. The third-order valence-corrected chi connectivity index (χ3v) is 5.73. The highest BCUT2D eigenvalue weighted by Gasteiger charge is 2.27. The second-order valence-corrected chi connectivity index (χ2v) is 7.62. The fourth-order valence-electron chi connectivity index (χ4n) is 2.84. The molecule has 1 aliphatic heterocycles. The molecule has 3 rings (SSSR count). The largest absolute Gasteiger partial charge is 0.377 e. The molecule has 1 aromatic carbocycles. The number of aryl methyl sites for hydroxylation is 1. The first-order valence-electron chi connectivity index (χ1n) is 7.62. The lowest BCUT2D eigenvalue weighted by Crippen LogP contribution is -2.46. The third-order valence-electron chi connectivity index (χ3n) is 3.94. The first kappa shape index (κ1) is 16.6. The number of Topliss-reactive ketones (excluding diaryl/α,β-unsaturated/α-hetero) is 1. The van der Waals surface area contributed by atoms with Crippen LogP contribution in [-0.4, -0.2) is 36.6 Å². The topological polar surface area (TPSA) is 42.4 Å². The molecule has 122 valence electrons. The van der Waals surface area contributed by atoms with E-state index in [1.807, 2.05) is 13.0 Å². The number of halogens is 1. The number of nitrogens with zero attached hydrogens (tertiary/aromatic N) is 2. The molecule has 0 bridgehead atoms. The lowest BCUT2D eigenvalue weighted by atomic mass is 10.0. The lowest BCUT2D eigenvalue weighted by molar-refractivity contribution is 0.0940. The van der Waals surface area contributed by atoms with Gasteiger partial charge in [0.25, 0.3) is 0 Å². The van der Waals surface area contributed by atoms with Crippen molar-refractivity contribution in [1.29, 1.82) is 0 Å². The molecule has 6 heteroatoms. The van der Waals surface area contributed by atoms with E-state index in [9.17, 15) is 4.79 Å². The molecule has 0 amide bonds. The molecular formula is C17H19BrN2O2S. The van der Waals surface area contributed by atoms with Crippen LogP contribution in [0.1, 0.15) is 27.9 Å². The fraction of sp³-hybridized carbons (Fsp3) is 0.412. The Morgan fingerprint density at radius 3 is 3.04 bits per heavy atom. The summed E-state index contributed by atoms with van der Waals surface area (Å²) in [5, 5.41) is 0.927. The molecule has 1 atom stereocenters. The molecule has 0 aliphatic carbocycles. The van der Waals surface area contributed by atoms with Gasteiger partial charge in [0.1, 0.15) is 0 Å². The number of hydrogen-bond donors (Lipinski definition) is 0. The highest BCUT2D eigenvalue weighted by Crippen LogP contribution is 2.30. The van der Waals surface area contributed by atoms with Gasteiger partial charge in [-0.05, 0) is 31.0 Å². The van der Waals surface area contributed by atoms with Gasteiger partial charge in [0.2, 0.25) is 0 Å². The Kier molecular flexibility index (Phi) is 5.14. The maximum Gasteiger partial charge on any atom is 0.186 e. The van der Waals surface area contributed by atoms with Crippen LogP contribution in [0.4, 0.5) is 5.13 Å². The van der Waals surface area contributed by atoms with Crippen LogP contribution in [0.5, 0.6) is 0 Å². The van der Waals surface area contributed by atoms with E-state index in [1.165, 1.54) is 16.9 Å². The molecule has 0 unspecified atom stereocenters. The summed E-state index contributed by atoms with van der Waals surface area (Å²) in [7, 11) is 0. The van der Waals surface area contributed by atoms with Crippen LogP contribution >= 0.6 is 27.3 Å². The predicted octanol–water partition coefficient (Wildman–Crippen LogP) is 3.86. The van der Waals surface area contributed by atoms with Crippen molar-refractivity contribution in [2.75, 3.05) is 24.7 Å². The van der Waals surface area contributed by atoms with Crippen molar-refractivity contribution in [3.05, 3.63) is 44.9 Å².